The van der Waals surface area contributed by atoms with Crippen molar-refractivity contribution >= 4 is 52.9 Å². The van der Waals surface area contributed by atoms with E-state index in [0.29, 0.717) is 44.1 Å². The number of nitrogens with zero attached hydrogens (tertiary/aromatic N) is 3. The van der Waals surface area contributed by atoms with E-state index in [1.54, 1.807) is 18.3 Å². The van der Waals surface area contributed by atoms with Crippen LogP contribution in [-0.2, 0) is 4.76 Å². The van der Waals surface area contributed by atoms with Crippen LogP contribution in [0.1, 0.15) is 60.9 Å². The van der Waals surface area contributed by atoms with E-state index in [0.717, 1.165) is 53.9 Å². The number of piperidine rings is 1. The van der Waals surface area contributed by atoms with Gasteiger partial charge in [0.15, 0.2) is 5.43 Å². The van der Waals surface area contributed by atoms with Crippen molar-refractivity contribution in [1.29, 1.82) is 0 Å². The summed E-state index contributed by atoms with van der Waals surface area (Å²) in [5, 5.41) is 18.5. The molecule has 0 bridgehead atoms. The lowest BCUT2D eigenvalue weighted by molar-refractivity contribution is 0.286. The molecule has 214 valence electrons. The van der Waals surface area contributed by atoms with Crippen LogP contribution in [0, 0.1) is 19.3 Å². The molecule has 1 spiro atoms. The Hall–Kier alpha value is -3.82. The fourth-order valence-electron chi connectivity index (χ4n) is 6.38. The molecule has 1 aliphatic carbocycles. The highest BCUT2D eigenvalue weighted by atomic mass is 35.5. The van der Waals surface area contributed by atoms with Gasteiger partial charge in [-0.3, -0.25) is 4.79 Å². The van der Waals surface area contributed by atoms with Crippen LogP contribution >= 0.6 is 11.6 Å². The average Bonchev–Trinajstić information content (AvgIpc) is 3.74. The van der Waals surface area contributed by atoms with Crippen molar-refractivity contribution in [3.63, 3.8) is 0 Å². The third-order valence-corrected chi connectivity index (χ3v) is 9.32. The van der Waals surface area contributed by atoms with Crippen LogP contribution in [0.4, 0.5) is 11.6 Å². The molecule has 1 saturated carbocycles. The maximum atomic E-state index is 13.7. The maximum absolute atomic E-state index is 13.7. The smallest absolute Gasteiger partial charge is 0.440 e. The predicted molar refractivity (Wildman–Crippen MR) is 168 cm³/mol. The molecule has 2 aromatic heterocycles. The normalized spacial score (nSPS) is 17.7. The van der Waals surface area contributed by atoms with E-state index in [2.05, 4.69) is 33.3 Å². The molecule has 3 aliphatic rings. The number of benzene rings is 2. The molecule has 2 aromatic carbocycles. The Bertz CT molecular complexity index is 1810. The van der Waals surface area contributed by atoms with Gasteiger partial charge in [-0.2, -0.15) is 0 Å². The van der Waals surface area contributed by atoms with E-state index in [1.165, 1.54) is 12.8 Å². The number of hydrogen-bond donors (Lipinski definition) is 2. The van der Waals surface area contributed by atoms with Gasteiger partial charge in [0.2, 0.25) is 5.88 Å². The Kier molecular flexibility index (Phi) is 6.55. The van der Waals surface area contributed by atoms with Crippen molar-refractivity contribution < 1.29 is 14.2 Å². The largest absolute Gasteiger partial charge is 0.583 e. The van der Waals surface area contributed by atoms with E-state index >= 15 is 0 Å². The summed E-state index contributed by atoms with van der Waals surface area (Å²) in [7, 11) is -1.11. The van der Waals surface area contributed by atoms with Gasteiger partial charge in [0.05, 0.1) is 34.6 Å². The standard InChI is InChI=1S/C32H32BClN4O4/c1-18-14-23(30-24(15-18)29(39)19(2)31(41-30)38-12-10-32(8-9-32)11-13-38)20(3)36-26-6-7-27(34)37-28(26)21-4-5-25-22(16-21)17-35-42-33(25)40/h4-7,14-17,20,36,40H,8-13H2,1-3H3/t20-/m0/s1. The molecule has 0 radical (unpaired) electrons. The quantitative estimate of drug-likeness (QED) is 0.229. The number of rotatable bonds is 5. The van der Waals surface area contributed by atoms with Gasteiger partial charge < -0.3 is 24.4 Å². The van der Waals surface area contributed by atoms with E-state index < -0.39 is 7.12 Å². The molecule has 42 heavy (non-hydrogen) atoms. The monoisotopic (exact) mass is 582 g/mol. The van der Waals surface area contributed by atoms with Crippen molar-refractivity contribution in [2.45, 2.75) is 52.5 Å². The summed E-state index contributed by atoms with van der Waals surface area (Å²) in [6, 6.07) is 13.0. The summed E-state index contributed by atoms with van der Waals surface area (Å²) in [5.74, 6) is 0.691. The maximum Gasteiger partial charge on any atom is 0.583 e. The van der Waals surface area contributed by atoms with Gasteiger partial charge in [0.25, 0.3) is 0 Å². The van der Waals surface area contributed by atoms with E-state index in [4.69, 9.17) is 20.8 Å². The van der Waals surface area contributed by atoms with Crippen molar-refractivity contribution in [3.05, 3.63) is 80.1 Å². The minimum atomic E-state index is -1.11. The van der Waals surface area contributed by atoms with Gasteiger partial charge in [0, 0.05) is 29.7 Å². The molecule has 2 N–H and O–H groups in total. The number of hydrogen-bond acceptors (Lipinski definition) is 8. The Morgan fingerprint density at radius 2 is 1.88 bits per heavy atom. The molecule has 2 aliphatic heterocycles. The highest BCUT2D eigenvalue weighted by Crippen LogP contribution is 2.54. The lowest BCUT2D eigenvalue weighted by atomic mass is 9.75. The average molecular weight is 583 g/mol. The second-order valence-electron chi connectivity index (χ2n) is 12.0. The van der Waals surface area contributed by atoms with E-state index in [1.807, 2.05) is 38.1 Å². The number of aryl methyl sites for hydroxylation is 1. The number of oxime groups is 1. The molecular weight excluding hydrogens is 551 g/mol. The topological polar surface area (TPSA) is 100 Å². The molecular formula is C32H32BClN4O4. The van der Waals surface area contributed by atoms with Gasteiger partial charge in [0.1, 0.15) is 10.7 Å². The third-order valence-electron chi connectivity index (χ3n) is 9.11. The highest BCUT2D eigenvalue weighted by Gasteiger charge is 2.45. The summed E-state index contributed by atoms with van der Waals surface area (Å²) >= 11 is 6.35. The molecule has 4 aromatic rings. The number of nitrogens with one attached hydrogen (secondary N) is 1. The number of fused-ring (bicyclic) bond motifs is 2. The van der Waals surface area contributed by atoms with E-state index in [9.17, 15) is 9.82 Å². The van der Waals surface area contributed by atoms with Gasteiger partial charge >= 0.3 is 7.12 Å². The Morgan fingerprint density at radius 1 is 1.10 bits per heavy atom. The third kappa shape index (κ3) is 4.74. The molecule has 1 atom stereocenters. The first-order valence-corrected chi connectivity index (χ1v) is 14.9. The first kappa shape index (κ1) is 27.0. The van der Waals surface area contributed by atoms with Gasteiger partial charge in [-0.05, 0) is 87.3 Å². The highest BCUT2D eigenvalue weighted by molar-refractivity contribution is 6.62. The zero-order chi connectivity index (χ0) is 29.2. The summed E-state index contributed by atoms with van der Waals surface area (Å²) in [6.45, 7) is 7.76. The van der Waals surface area contributed by atoms with Crippen LogP contribution in [0.15, 0.2) is 56.8 Å². The molecule has 0 amide bonds. The van der Waals surface area contributed by atoms with Crippen LogP contribution in [0.5, 0.6) is 0 Å². The van der Waals surface area contributed by atoms with Crippen LogP contribution in [0.3, 0.4) is 0 Å². The lowest BCUT2D eigenvalue weighted by Gasteiger charge is -2.33. The molecule has 7 rings (SSSR count). The SMILES string of the molecule is Cc1cc([C@H](C)Nc2ccc(Cl)nc2-c2ccc3c(c2)C=NOB3O)c2oc(N3CCC4(CC3)CC4)c(C)c(=O)c2c1. The first-order chi connectivity index (χ1) is 20.2. The Morgan fingerprint density at radius 3 is 2.64 bits per heavy atom. The molecule has 0 unspecified atom stereocenters. The molecule has 10 heteroatoms. The van der Waals surface area contributed by atoms with Gasteiger partial charge in [-0.25, -0.2) is 4.98 Å². The fourth-order valence-corrected chi connectivity index (χ4v) is 6.53. The fraction of sp³-hybridized carbons (Fsp3) is 0.344. The molecule has 8 nitrogen and oxygen atoms in total. The second-order valence-corrected chi connectivity index (χ2v) is 12.4. The number of anilines is 2. The van der Waals surface area contributed by atoms with Crippen LogP contribution in [0.2, 0.25) is 5.15 Å². The van der Waals surface area contributed by atoms with Gasteiger partial charge in [-0.15, -0.1) is 5.16 Å². The molecule has 1 saturated heterocycles. The summed E-state index contributed by atoms with van der Waals surface area (Å²) in [4.78, 5) is 20.6. The Labute approximate surface area is 249 Å². The van der Waals surface area contributed by atoms with E-state index in [-0.39, 0.29) is 11.5 Å². The van der Waals surface area contributed by atoms with Crippen molar-refractivity contribution in [2.75, 3.05) is 23.3 Å². The van der Waals surface area contributed by atoms with Crippen molar-refractivity contribution in [2.24, 2.45) is 10.6 Å². The van der Waals surface area contributed by atoms with Crippen LogP contribution in [-0.4, -0.2) is 36.4 Å². The minimum absolute atomic E-state index is 0.0193. The summed E-state index contributed by atoms with van der Waals surface area (Å²) in [6.07, 6.45) is 6.52. The van der Waals surface area contributed by atoms with Gasteiger partial charge in [-0.1, -0.05) is 29.8 Å². The first-order valence-electron chi connectivity index (χ1n) is 14.5. The Balaban J connectivity index is 1.27. The van der Waals surface area contributed by atoms with Crippen molar-refractivity contribution in [1.82, 2.24) is 4.98 Å². The van der Waals surface area contributed by atoms with Crippen LogP contribution in [0.25, 0.3) is 22.2 Å². The number of aromatic nitrogens is 1. The summed E-state index contributed by atoms with van der Waals surface area (Å²) < 4.78 is 11.6. The predicted octanol–water partition coefficient (Wildman–Crippen LogP) is 5.73. The molecule has 4 heterocycles. The van der Waals surface area contributed by atoms with Crippen LogP contribution < -0.4 is 21.1 Å². The second kappa shape index (κ2) is 10.2. The number of halogens is 1. The molecule has 2 fully saturated rings. The number of pyridine rings is 1. The zero-order valence-electron chi connectivity index (χ0n) is 23.9. The minimum Gasteiger partial charge on any atom is -0.440 e. The lowest BCUT2D eigenvalue weighted by Crippen LogP contribution is -2.37. The van der Waals surface area contributed by atoms with Crippen molar-refractivity contribution in [3.8, 4) is 11.3 Å². The zero-order valence-corrected chi connectivity index (χ0v) is 24.7. The summed E-state index contributed by atoms with van der Waals surface area (Å²) in [5.41, 5.74) is 7.33.